The van der Waals surface area contributed by atoms with Crippen LogP contribution in [0.2, 0.25) is 0 Å². The number of nitrogens with one attached hydrogen (secondary N) is 1. The Bertz CT molecular complexity index is 916. The van der Waals surface area contributed by atoms with Crippen LogP contribution in [0.25, 0.3) is 0 Å². The Morgan fingerprint density at radius 2 is 2.08 bits per heavy atom. The zero-order valence-corrected chi connectivity index (χ0v) is 14.9. The van der Waals surface area contributed by atoms with E-state index in [-0.39, 0.29) is 22.8 Å². The molecule has 0 aliphatic rings. The SMILES string of the molecule is Cc1cc(S(=O)(=O)NCC(O)(c2ccco2)c2cccs2)ccc1F. The number of benzene rings is 1. The minimum absolute atomic E-state index is 0.0700. The first-order valence-electron chi connectivity index (χ1n) is 7.39. The highest BCUT2D eigenvalue weighted by Gasteiger charge is 2.37. The van der Waals surface area contributed by atoms with Gasteiger partial charge in [0.15, 0.2) is 5.60 Å². The highest BCUT2D eigenvalue weighted by Crippen LogP contribution is 2.33. The van der Waals surface area contributed by atoms with Crippen molar-refractivity contribution in [3.8, 4) is 0 Å². The molecule has 0 fully saturated rings. The summed E-state index contributed by atoms with van der Waals surface area (Å²) in [4.78, 5) is 0.472. The lowest BCUT2D eigenvalue weighted by atomic mass is 9.99. The highest BCUT2D eigenvalue weighted by molar-refractivity contribution is 7.89. The van der Waals surface area contributed by atoms with E-state index < -0.39 is 21.4 Å². The predicted molar refractivity (Wildman–Crippen MR) is 92.4 cm³/mol. The fourth-order valence-electron chi connectivity index (χ4n) is 2.39. The maximum atomic E-state index is 13.4. The molecule has 0 aliphatic carbocycles. The molecule has 0 saturated carbocycles. The van der Waals surface area contributed by atoms with Gasteiger partial charge in [-0.3, -0.25) is 0 Å². The van der Waals surface area contributed by atoms with Gasteiger partial charge in [-0.25, -0.2) is 17.5 Å². The van der Waals surface area contributed by atoms with Crippen molar-refractivity contribution >= 4 is 21.4 Å². The molecule has 25 heavy (non-hydrogen) atoms. The average Bonchev–Trinajstić information content (AvgIpc) is 3.29. The van der Waals surface area contributed by atoms with Crippen molar-refractivity contribution in [2.75, 3.05) is 6.54 Å². The molecule has 0 saturated heterocycles. The van der Waals surface area contributed by atoms with Crippen LogP contribution in [0, 0.1) is 12.7 Å². The van der Waals surface area contributed by atoms with Gasteiger partial charge in [0.1, 0.15) is 11.6 Å². The van der Waals surface area contributed by atoms with Crippen LogP contribution in [0.4, 0.5) is 4.39 Å². The number of aryl methyl sites for hydroxylation is 1. The zero-order valence-electron chi connectivity index (χ0n) is 13.3. The third-order valence-electron chi connectivity index (χ3n) is 3.82. The molecule has 0 aliphatic heterocycles. The maximum absolute atomic E-state index is 13.4. The summed E-state index contributed by atoms with van der Waals surface area (Å²) in [5.74, 6) is -0.252. The molecular weight excluding hydrogens is 365 g/mol. The number of aliphatic hydroxyl groups is 1. The van der Waals surface area contributed by atoms with Crippen molar-refractivity contribution in [3.63, 3.8) is 0 Å². The van der Waals surface area contributed by atoms with Crippen LogP contribution in [-0.2, 0) is 15.6 Å². The lowest BCUT2D eigenvalue weighted by Gasteiger charge is -2.25. The van der Waals surface area contributed by atoms with E-state index in [1.54, 1.807) is 29.6 Å². The van der Waals surface area contributed by atoms with E-state index in [1.807, 2.05) is 0 Å². The summed E-state index contributed by atoms with van der Waals surface area (Å²) in [5.41, 5.74) is -1.41. The van der Waals surface area contributed by atoms with E-state index >= 15 is 0 Å². The third kappa shape index (κ3) is 3.52. The Morgan fingerprint density at radius 3 is 2.68 bits per heavy atom. The molecule has 0 radical (unpaired) electrons. The number of furan rings is 1. The Balaban J connectivity index is 1.90. The molecule has 0 amide bonds. The van der Waals surface area contributed by atoms with Gasteiger partial charge in [0.25, 0.3) is 0 Å². The van der Waals surface area contributed by atoms with Crippen LogP contribution in [0.1, 0.15) is 16.2 Å². The monoisotopic (exact) mass is 381 g/mol. The van der Waals surface area contributed by atoms with Gasteiger partial charge in [0, 0.05) is 4.88 Å². The van der Waals surface area contributed by atoms with Gasteiger partial charge in [-0.05, 0) is 54.3 Å². The Labute approximate surface area is 148 Å². The second-order valence-corrected chi connectivity index (χ2v) is 8.27. The van der Waals surface area contributed by atoms with Crippen LogP contribution >= 0.6 is 11.3 Å². The Hall–Kier alpha value is -2.00. The van der Waals surface area contributed by atoms with Crippen LogP contribution in [0.15, 0.2) is 63.4 Å². The van der Waals surface area contributed by atoms with Crippen LogP contribution in [0.5, 0.6) is 0 Å². The molecule has 1 atom stereocenters. The van der Waals surface area contributed by atoms with E-state index in [0.717, 1.165) is 6.07 Å². The van der Waals surface area contributed by atoms with Gasteiger partial charge in [-0.2, -0.15) is 0 Å². The molecule has 3 aromatic rings. The number of rotatable bonds is 6. The van der Waals surface area contributed by atoms with E-state index in [9.17, 15) is 17.9 Å². The molecule has 2 N–H and O–H groups in total. The predicted octanol–water partition coefficient (Wildman–Crippen LogP) is 3.00. The van der Waals surface area contributed by atoms with Crippen molar-refractivity contribution in [3.05, 3.63) is 76.1 Å². The third-order valence-corrected chi connectivity index (χ3v) is 6.24. The minimum atomic E-state index is -3.93. The summed E-state index contributed by atoms with van der Waals surface area (Å²) in [7, 11) is -3.93. The number of sulfonamides is 1. The van der Waals surface area contributed by atoms with Gasteiger partial charge in [-0.15, -0.1) is 11.3 Å². The van der Waals surface area contributed by atoms with Crippen molar-refractivity contribution in [1.29, 1.82) is 0 Å². The van der Waals surface area contributed by atoms with Crippen LogP contribution < -0.4 is 4.72 Å². The number of halogens is 1. The molecule has 0 spiro atoms. The van der Waals surface area contributed by atoms with Crippen LogP contribution in [-0.4, -0.2) is 20.1 Å². The normalized spacial score (nSPS) is 14.4. The molecule has 2 aromatic heterocycles. The smallest absolute Gasteiger partial charge is 0.240 e. The fourth-order valence-corrected chi connectivity index (χ4v) is 4.36. The second-order valence-electron chi connectivity index (χ2n) is 5.55. The first-order valence-corrected chi connectivity index (χ1v) is 9.75. The van der Waals surface area contributed by atoms with Gasteiger partial charge in [0.2, 0.25) is 10.0 Å². The molecule has 0 bridgehead atoms. The standard InChI is InChI=1S/C17H16FNO4S2/c1-12-10-13(6-7-14(12)18)25(21,22)19-11-17(20,15-4-2-8-23-15)16-5-3-9-24-16/h2-10,19-20H,11H2,1H3. The first kappa shape index (κ1) is 17.8. The maximum Gasteiger partial charge on any atom is 0.240 e. The number of thiophene rings is 1. The molecule has 2 heterocycles. The molecule has 3 rings (SSSR count). The Kier molecular flexibility index (Phi) is 4.79. The van der Waals surface area contributed by atoms with Crippen molar-refractivity contribution in [1.82, 2.24) is 4.72 Å². The first-order chi connectivity index (χ1) is 11.8. The molecule has 8 heteroatoms. The molecule has 132 valence electrons. The van der Waals surface area contributed by atoms with Gasteiger partial charge in [-0.1, -0.05) is 6.07 Å². The number of hydrogen-bond acceptors (Lipinski definition) is 5. The van der Waals surface area contributed by atoms with Gasteiger partial charge >= 0.3 is 0 Å². The highest BCUT2D eigenvalue weighted by atomic mass is 32.2. The van der Waals surface area contributed by atoms with Crippen LogP contribution in [0.3, 0.4) is 0 Å². The topological polar surface area (TPSA) is 79.5 Å². The molecule has 5 nitrogen and oxygen atoms in total. The van der Waals surface area contributed by atoms with Gasteiger partial charge in [0.05, 0.1) is 17.7 Å². The van der Waals surface area contributed by atoms with Crippen molar-refractivity contribution < 1.29 is 22.3 Å². The quantitative estimate of drug-likeness (QED) is 0.688. The molecular formula is C17H16FNO4S2. The van der Waals surface area contributed by atoms with Gasteiger partial charge < -0.3 is 9.52 Å². The summed E-state index contributed by atoms with van der Waals surface area (Å²) in [5, 5.41) is 12.8. The van der Waals surface area contributed by atoms with Crippen molar-refractivity contribution in [2.24, 2.45) is 0 Å². The fraction of sp³-hybridized carbons (Fsp3) is 0.176. The largest absolute Gasteiger partial charge is 0.466 e. The average molecular weight is 381 g/mol. The van der Waals surface area contributed by atoms with Crippen molar-refractivity contribution in [2.45, 2.75) is 17.4 Å². The summed E-state index contributed by atoms with van der Waals surface area (Å²) in [6, 6.07) is 10.2. The summed E-state index contributed by atoms with van der Waals surface area (Å²) in [6.45, 7) is 1.17. The zero-order chi connectivity index (χ0) is 18.1. The molecule has 1 unspecified atom stereocenters. The van der Waals surface area contributed by atoms with E-state index in [0.29, 0.717) is 4.88 Å². The summed E-state index contributed by atoms with van der Waals surface area (Å²) in [6.07, 6.45) is 1.41. The summed E-state index contributed by atoms with van der Waals surface area (Å²) < 4.78 is 46.1. The lowest BCUT2D eigenvalue weighted by Crippen LogP contribution is -2.40. The van der Waals surface area contributed by atoms with E-state index in [4.69, 9.17) is 4.42 Å². The van der Waals surface area contributed by atoms with E-state index in [1.165, 1.54) is 36.7 Å². The lowest BCUT2D eigenvalue weighted by molar-refractivity contribution is 0.0655. The number of hydrogen-bond donors (Lipinski definition) is 2. The summed E-state index contributed by atoms with van der Waals surface area (Å²) >= 11 is 1.28. The Morgan fingerprint density at radius 1 is 1.28 bits per heavy atom. The minimum Gasteiger partial charge on any atom is -0.466 e. The second kappa shape index (κ2) is 6.72. The van der Waals surface area contributed by atoms with E-state index in [2.05, 4.69) is 4.72 Å². The molecule has 1 aromatic carbocycles.